The number of phosphoric ester groups is 1. The molecule has 1 unspecified atom stereocenters. The first kappa shape index (κ1) is 45.6. The molecule has 0 aromatic rings. The van der Waals surface area contributed by atoms with E-state index in [2.05, 4.69) is 81.7 Å². The van der Waals surface area contributed by atoms with Crippen LogP contribution in [0.15, 0.2) is 0 Å². The lowest BCUT2D eigenvalue weighted by atomic mass is 11.6. The van der Waals surface area contributed by atoms with Crippen LogP contribution in [0.2, 0.25) is 0 Å². The molecule has 24 heteroatoms. The van der Waals surface area contributed by atoms with Crippen molar-refractivity contribution >= 4 is 72.1 Å². The lowest BCUT2D eigenvalue weighted by Gasteiger charge is -2.07. The Morgan fingerprint density at radius 2 is 1.03 bits per heavy atom. The molecule has 0 aliphatic heterocycles. The minimum Gasteiger partial charge on any atom is -0.325 e. The molecule has 0 aromatic carbocycles. The summed E-state index contributed by atoms with van der Waals surface area (Å²) in [7, 11) is 4.06. The van der Waals surface area contributed by atoms with E-state index in [-0.39, 0.29) is 0 Å². The molecule has 0 aliphatic rings. The third-order valence-electron chi connectivity index (χ3n) is 2.21. The zero-order chi connectivity index (χ0) is 28.6. The van der Waals surface area contributed by atoms with Crippen LogP contribution in [0.3, 0.4) is 0 Å². The molecule has 0 aliphatic carbocycles. The van der Waals surface area contributed by atoms with Gasteiger partial charge in [-0.05, 0) is 30.7 Å². The molecule has 4 N–H and O–H groups in total. The van der Waals surface area contributed by atoms with Gasteiger partial charge in [0.15, 0.2) is 0 Å². The molecule has 0 radical (unpaired) electrons. The number of phosphoric acid groups is 1. The molecule has 0 heterocycles. The monoisotopic (exact) mass is 660 g/mol. The number of hydrogen-bond acceptors (Lipinski definition) is 14. The van der Waals surface area contributed by atoms with Gasteiger partial charge < -0.3 is 37.3 Å². The largest absolute Gasteiger partial charge is 0.696 e. The summed E-state index contributed by atoms with van der Waals surface area (Å²) >= 11 is 12.9. The smallest absolute Gasteiger partial charge is 0.325 e. The zero-order valence-corrected chi connectivity index (χ0v) is 27.2. The summed E-state index contributed by atoms with van der Waals surface area (Å²) in [6, 6.07) is 0. The van der Waals surface area contributed by atoms with Crippen molar-refractivity contribution < 1.29 is 69.1 Å². The van der Waals surface area contributed by atoms with Crippen molar-refractivity contribution in [2.45, 2.75) is 0 Å². The third-order valence-corrected chi connectivity index (χ3v) is 9.41. The Bertz CT molecular complexity index is 553. The fraction of sp³-hybridized carbons (Fsp3) is 1.00. The van der Waals surface area contributed by atoms with Crippen LogP contribution < -0.4 is 5.09 Å². The average Bonchev–Trinajstić information content (AvgIpc) is 2.84. The van der Waals surface area contributed by atoms with Crippen molar-refractivity contribution in [3.63, 3.8) is 0 Å². The van der Waals surface area contributed by atoms with Crippen LogP contribution in [0.5, 0.6) is 0 Å². The standard InChI is InChI=1S/C2H8NO3P.C2H7O4P.C2H7O3PS.C2H6O3P.C2H7O2PS2/c1-3-7(4,5)6-2;1-5-7(3,4)6-2;1-4-6(3,7)5-2;1-4-6(3)5-2;1-3-5(6,7)4-2/h1-2H3,(H2,3,4,5);1-2H3,(H,3,4);1-2H3,(H,3,7);1-2H3;1-2H3,(H,6,7)/q;;;+1;. The molecule has 1 atom stereocenters. The van der Waals surface area contributed by atoms with Crippen molar-refractivity contribution in [3.8, 4) is 0 Å². The predicted octanol–water partition coefficient (Wildman–Crippen LogP) is 3.20. The molecule has 0 saturated heterocycles. The molecule has 16 nitrogen and oxygen atoms in total. The first-order valence-electron chi connectivity index (χ1n) is 7.75. The van der Waals surface area contributed by atoms with Gasteiger partial charge in [0.25, 0.3) is 0 Å². The molecule has 0 aromatic heterocycles. The summed E-state index contributed by atoms with van der Waals surface area (Å²) < 4.78 is 68.5. The highest BCUT2D eigenvalue weighted by atomic mass is 32.9. The fourth-order valence-corrected chi connectivity index (χ4v) is 1.17. The van der Waals surface area contributed by atoms with Gasteiger partial charge in [-0.2, -0.15) is 0 Å². The maximum absolute atomic E-state index is 10.2. The summed E-state index contributed by atoms with van der Waals surface area (Å²) in [6.45, 7) is -2.82. The highest BCUT2D eigenvalue weighted by Crippen LogP contribution is 2.51. The molecule has 34 heavy (non-hydrogen) atoms. The highest BCUT2D eigenvalue weighted by molar-refractivity contribution is 8.60. The Morgan fingerprint density at radius 1 is 0.706 bits per heavy atom. The summed E-state index contributed by atoms with van der Waals surface area (Å²) in [4.78, 5) is 25.2. The van der Waals surface area contributed by atoms with Crippen LogP contribution in [0.1, 0.15) is 0 Å². The van der Waals surface area contributed by atoms with Crippen molar-refractivity contribution in [1.29, 1.82) is 0 Å². The molecular weight excluding hydrogens is 625 g/mol. The van der Waals surface area contributed by atoms with E-state index in [1.807, 2.05) is 0 Å². The van der Waals surface area contributed by atoms with Crippen LogP contribution in [0, 0.1) is 0 Å². The van der Waals surface area contributed by atoms with Gasteiger partial charge in [0.05, 0.1) is 14.2 Å². The molecule has 0 amide bonds. The molecule has 0 bridgehead atoms. The summed E-state index contributed by atoms with van der Waals surface area (Å²) in [5.74, 6) is 0. The van der Waals surface area contributed by atoms with E-state index in [4.69, 9.17) is 14.7 Å². The van der Waals surface area contributed by atoms with Crippen LogP contribution >= 0.6 is 48.5 Å². The quantitative estimate of drug-likeness (QED) is 0.168. The Balaban J connectivity index is -0.000000103. The molecular formula is C10H35NO15P5S3+. The molecule has 0 saturated carbocycles. The predicted molar refractivity (Wildman–Crippen MR) is 139 cm³/mol. The average molecular weight is 660 g/mol. The van der Waals surface area contributed by atoms with Gasteiger partial charge >= 0.3 is 30.5 Å². The van der Waals surface area contributed by atoms with Gasteiger partial charge in [-0.25, -0.2) is 14.2 Å². The molecule has 0 fully saturated rings. The highest BCUT2D eigenvalue weighted by Gasteiger charge is 2.13. The lowest BCUT2D eigenvalue weighted by molar-refractivity contribution is 0.204. The Morgan fingerprint density at radius 3 is 1.03 bits per heavy atom. The Hall–Kier alpha value is 1.69. The van der Waals surface area contributed by atoms with Crippen molar-refractivity contribution in [3.05, 3.63) is 0 Å². The maximum atomic E-state index is 10.2. The number of nitrogens with one attached hydrogen (secondary N) is 1. The third kappa shape index (κ3) is 40.8. The first-order chi connectivity index (χ1) is 15.3. The van der Waals surface area contributed by atoms with E-state index >= 15 is 0 Å². The fourth-order valence-electron chi connectivity index (χ4n) is 0.389. The minimum atomic E-state index is -3.65. The SMILES string of the molecule is CNP(=O)(O)OC.COP(=O)(O)OC.COP(=S)(S)OC.COP(O)(=S)OC.CO[P+](=O)OC. The van der Waals surface area contributed by atoms with Crippen molar-refractivity contribution in [2.75, 3.05) is 71.0 Å². The van der Waals surface area contributed by atoms with E-state index < -0.39 is 36.2 Å². The summed E-state index contributed by atoms with van der Waals surface area (Å²) in [5, 5.41) is 2.08. The Labute approximate surface area is 217 Å². The van der Waals surface area contributed by atoms with Gasteiger partial charge in [-0.3, -0.25) is 9.05 Å². The van der Waals surface area contributed by atoms with Gasteiger partial charge in [-0.15, -0.1) is 9.05 Å². The zero-order valence-electron chi connectivity index (χ0n) is 20.2. The lowest BCUT2D eigenvalue weighted by Crippen LogP contribution is -2.02. The topological polar surface area (TPSA) is 207 Å². The Kier molecular flexibility index (Phi) is 35.3. The normalized spacial score (nSPS) is 12.6. The molecule has 0 rings (SSSR count). The van der Waals surface area contributed by atoms with Crippen LogP contribution in [0.25, 0.3) is 0 Å². The van der Waals surface area contributed by atoms with Crippen molar-refractivity contribution in [1.82, 2.24) is 5.09 Å². The maximum Gasteiger partial charge on any atom is 0.696 e. The van der Waals surface area contributed by atoms with Gasteiger partial charge in [0.2, 0.25) is 5.69 Å². The second-order valence-corrected chi connectivity index (χ2v) is 17.3. The van der Waals surface area contributed by atoms with E-state index in [9.17, 15) is 13.7 Å². The van der Waals surface area contributed by atoms with E-state index in [1.165, 1.54) is 49.7 Å². The van der Waals surface area contributed by atoms with E-state index in [0.717, 1.165) is 21.3 Å². The van der Waals surface area contributed by atoms with Gasteiger partial charge in [-0.1, -0.05) is 12.2 Å². The van der Waals surface area contributed by atoms with Gasteiger partial charge in [0, 0.05) is 54.3 Å². The van der Waals surface area contributed by atoms with Gasteiger partial charge in [0.1, 0.15) is 0 Å². The number of rotatable bonds is 10. The first-order valence-corrected chi connectivity index (χ1v) is 18.3. The second kappa shape index (κ2) is 26.3. The van der Waals surface area contributed by atoms with Crippen LogP contribution in [0.4, 0.5) is 0 Å². The second-order valence-electron chi connectivity index (χ2n) is 4.02. The van der Waals surface area contributed by atoms with Crippen LogP contribution in [-0.4, -0.2) is 85.7 Å². The molecule has 212 valence electrons. The minimum absolute atomic E-state index is 1.10. The van der Waals surface area contributed by atoms with Crippen molar-refractivity contribution in [2.24, 2.45) is 0 Å². The summed E-state index contributed by atoms with van der Waals surface area (Å²) in [5.41, 5.74) is -2.13. The summed E-state index contributed by atoms with van der Waals surface area (Å²) in [6.07, 6.45) is 0. The number of thiol groups is 1. The van der Waals surface area contributed by atoms with Crippen LogP contribution in [-0.2, 0) is 78.0 Å². The van der Waals surface area contributed by atoms with E-state index in [1.54, 1.807) is 0 Å². The number of hydrogen-bond donors (Lipinski definition) is 5. The molecule has 0 spiro atoms. The van der Waals surface area contributed by atoms with E-state index in [0.29, 0.717) is 0 Å².